The summed E-state index contributed by atoms with van der Waals surface area (Å²) in [5, 5.41) is 21.0. The van der Waals surface area contributed by atoms with E-state index in [1.54, 1.807) is 0 Å². The number of hydrogen-bond acceptors (Lipinski definition) is 2. The molecule has 18 heavy (non-hydrogen) atoms. The third kappa shape index (κ3) is 2.29. The van der Waals surface area contributed by atoms with E-state index in [0.29, 0.717) is 0 Å². The fourth-order valence-corrected chi connectivity index (χ4v) is 3.19. The zero-order valence-electron chi connectivity index (χ0n) is 11.0. The number of aliphatic hydroxyl groups is 2. The topological polar surface area (TPSA) is 40.5 Å². The van der Waals surface area contributed by atoms with E-state index >= 15 is 0 Å². The Kier molecular flexibility index (Phi) is 3.72. The summed E-state index contributed by atoms with van der Waals surface area (Å²) in [4.78, 5) is 0. The van der Waals surface area contributed by atoms with E-state index in [0.717, 1.165) is 29.8 Å². The van der Waals surface area contributed by atoms with Gasteiger partial charge in [-0.2, -0.15) is 0 Å². The molecule has 1 aliphatic carbocycles. The molecule has 1 fully saturated rings. The van der Waals surface area contributed by atoms with Gasteiger partial charge in [-0.05, 0) is 48.3 Å². The lowest BCUT2D eigenvalue weighted by Crippen LogP contribution is -2.49. The Morgan fingerprint density at radius 1 is 1.28 bits per heavy atom. The molecule has 2 atom stereocenters. The molecule has 0 bridgehead atoms. The highest BCUT2D eigenvalue weighted by molar-refractivity contribution is 6.30. The predicted molar refractivity (Wildman–Crippen MR) is 73.7 cm³/mol. The van der Waals surface area contributed by atoms with Crippen LogP contribution in [-0.4, -0.2) is 22.4 Å². The smallest absolute Gasteiger partial charge is 0.0958 e. The minimum atomic E-state index is -0.980. The van der Waals surface area contributed by atoms with Crippen LogP contribution in [0.2, 0.25) is 5.02 Å². The van der Waals surface area contributed by atoms with Gasteiger partial charge in [-0.1, -0.05) is 37.6 Å². The molecular formula is C15H21ClO2. The highest BCUT2D eigenvalue weighted by Gasteiger charge is 2.53. The molecule has 0 heterocycles. The van der Waals surface area contributed by atoms with Crippen LogP contribution in [0.5, 0.6) is 0 Å². The lowest BCUT2D eigenvalue weighted by Gasteiger charge is -2.39. The molecule has 0 aliphatic heterocycles. The van der Waals surface area contributed by atoms with Gasteiger partial charge in [-0.25, -0.2) is 0 Å². The summed E-state index contributed by atoms with van der Waals surface area (Å²) < 4.78 is 0. The molecule has 2 N–H and O–H groups in total. The molecule has 1 aliphatic rings. The predicted octanol–water partition coefficient (Wildman–Crippen LogP) is 3.04. The van der Waals surface area contributed by atoms with E-state index in [2.05, 4.69) is 0 Å². The Hall–Kier alpha value is -0.570. The summed E-state index contributed by atoms with van der Waals surface area (Å²) in [7, 11) is 0. The first-order chi connectivity index (χ1) is 8.39. The number of halogens is 1. The van der Waals surface area contributed by atoms with Crippen LogP contribution in [0.3, 0.4) is 0 Å². The van der Waals surface area contributed by atoms with Crippen molar-refractivity contribution in [1.29, 1.82) is 0 Å². The Labute approximate surface area is 114 Å². The Balaban J connectivity index is 2.17. The summed E-state index contributed by atoms with van der Waals surface area (Å²) in [6.45, 7) is 3.90. The number of benzene rings is 1. The molecule has 1 saturated carbocycles. The molecule has 0 saturated heterocycles. The van der Waals surface area contributed by atoms with E-state index in [9.17, 15) is 10.2 Å². The molecule has 0 spiro atoms. The van der Waals surface area contributed by atoms with Crippen molar-refractivity contribution in [3.63, 3.8) is 0 Å². The fourth-order valence-electron chi connectivity index (χ4n) is 3.06. The summed E-state index contributed by atoms with van der Waals surface area (Å²) >= 11 is 5.87. The Morgan fingerprint density at radius 2 is 1.89 bits per heavy atom. The molecule has 100 valence electrons. The first-order valence-corrected chi connectivity index (χ1v) is 6.84. The van der Waals surface area contributed by atoms with E-state index in [4.69, 9.17) is 11.6 Å². The summed E-state index contributed by atoms with van der Waals surface area (Å²) in [5.41, 5.74) is -0.0418. The fraction of sp³-hybridized carbons (Fsp3) is 0.600. The molecule has 2 nitrogen and oxygen atoms in total. The van der Waals surface area contributed by atoms with Gasteiger partial charge in [0.25, 0.3) is 0 Å². The van der Waals surface area contributed by atoms with Gasteiger partial charge in [0.15, 0.2) is 0 Å². The lowest BCUT2D eigenvalue weighted by molar-refractivity contribution is -0.110. The van der Waals surface area contributed by atoms with Crippen LogP contribution in [0, 0.1) is 11.3 Å². The monoisotopic (exact) mass is 268 g/mol. The highest BCUT2D eigenvalue weighted by Crippen LogP contribution is 2.50. The first kappa shape index (κ1) is 13.9. The highest BCUT2D eigenvalue weighted by atomic mass is 35.5. The summed E-state index contributed by atoms with van der Waals surface area (Å²) in [5.74, 6) is 0.110. The van der Waals surface area contributed by atoms with E-state index in [1.165, 1.54) is 0 Å². The maximum absolute atomic E-state index is 10.7. The average molecular weight is 269 g/mol. The third-order valence-electron chi connectivity index (χ3n) is 4.60. The third-order valence-corrected chi connectivity index (χ3v) is 4.85. The average Bonchev–Trinajstić information content (AvgIpc) is 2.56. The van der Waals surface area contributed by atoms with Crippen molar-refractivity contribution in [3.8, 4) is 0 Å². The van der Waals surface area contributed by atoms with Gasteiger partial charge in [0.05, 0.1) is 12.2 Å². The van der Waals surface area contributed by atoms with Crippen molar-refractivity contribution in [2.45, 2.75) is 38.7 Å². The molecule has 1 aromatic rings. The zero-order valence-corrected chi connectivity index (χ0v) is 11.7. The molecule has 1 aromatic carbocycles. The summed E-state index contributed by atoms with van der Waals surface area (Å²) in [6, 6.07) is 7.72. The molecule has 0 radical (unpaired) electrons. The van der Waals surface area contributed by atoms with Gasteiger partial charge in [0.1, 0.15) is 0 Å². The van der Waals surface area contributed by atoms with Gasteiger partial charge in [0.2, 0.25) is 0 Å². The zero-order chi connectivity index (χ0) is 13.4. The van der Waals surface area contributed by atoms with Crippen LogP contribution in [-0.2, 0) is 6.42 Å². The van der Waals surface area contributed by atoms with Gasteiger partial charge < -0.3 is 10.2 Å². The van der Waals surface area contributed by atoms with Gasteiger partial charge in [-0.15, -0.1) is 0 Å². The Bertz CT molecular complexity index is 413. The van der Waals surface area contributed by atoms with Gasteiger partial charge >= 0.3 is 0 Å². The van der Waals surface area contributed by atoms with Crippen LogP contribution in [0.4, 0.5) is 0 Å². The lowest BCUT2D eigenvalue weighted by atomic mass is 9.73. The second-order valence-electron chi connectivity index (χ2n) is 6.03. The van der Waals surface area contributed by atoms with Crippen molar-refractivity contribution >= 4 is 11.6 Å². The van der Waals surface area contributed by atoms with Crippen LogP contribution in [0.15, 0.2) is 24.3 Å². The van der Waals surface area contributed by atoms with Crippen LogP contribution in [0.25, 0.3) is 0 Å². The van der Waals surface area contributed by atoms with Gasteiger partial charge in [-0.3, -0.25) is 0 Å². The van der Waals surface area contributed by atoms with Gasteiger partial charge in [0, 0.05) is 5.02 Å². The SMILES string of the molecule is CC1(C)CC[C@@H](Cc2ccc(Cl)cc2)C1(O)CO. The second-order valence-corrected chi connectivity index (χ2v) is 6.47. The molecule has 0 amide bonds. The number of rotatable bonds is 3. The molecule has 2 rings (SSSR count). The maximum Gasteiger partial charge on any atom is 0.0958 e. The van der Waals surface area contributed by atoms with Crippen molar-refractivity contribution < 1.29 is 10.2 Å². The number of aliphatic hydroxyl groups excluding tert-OH is 1. The molecule has 3 heteroatoms. The van der Waals surface area contributed by atoms with Crippen LogP contribution < -0.4 is 0 Å². The minimum Gasteiger partial charge on any atom is -0.393 e. The number of hydrogen-bond donors (Lipinski definition) is 2. The molecule has 0 aromatic heterocycles. The minimum absolute atomic E-state index is 0.110. The van der Waals surface area contributed by atoms with Crippen LogP contribution >= 0.6 is 11.6 Å². The standard InChI is InChI=1S/C15H21ClO2/c1-14(2)8-7-12(15(14,18)10-17)9-11-3-5-13(16)6-4-11/h3-6,12,17-18H,7-10H2,1-2H3/t12-,15?/m0/s1. The normalized spacial score (nSPS) is 30.6. The first-order valence-electron chi connectivity index (χ1n) is 6.47. The van der Waals surface area contributed by atoms with Crippen molar-refractivity contribution in [2.24, 2.45) is 11.3 Å². The van der Waals surface area contributed by atoms with Crippen molar-refractivity contribution in [3.05, 3.63) is 34.9 Å². The molecular weight excluding hydrogens is 248 g/mol. The van der Waals surface area contributed by atoms with Crippen LogP contribution in [0.1, 0.15) is 32.3 Å². The van der Waals surface area contributed by atoms with E-state index < -0.39 is 5.60 Å². The maximum atomic E-state index is 10.7. The van der Waals surface area contributed by atoms with Crippen molar-refractivity contribution in [2.75, 3.05) is 6.61 Å². The summed E-state index contributed by atoms with van der Waals surface area (Å²) in [6.07, 6.45) is 2.69. The quantitative estimate of drug-likeness (QED) is 0.885. The van der Waals surface area contributed by atoms with Crippen molar-refractivity contribution in [1.82, 2.24) is 0 Å². The largest absolute Gasteiger partial charge is 0.393 e. The second kappa shape index (κ2) is 4.84. The van der Waals surface area contributed by atoms with E-state index in [1.807, 2.05) is 38.1 Å². The molecule has 1 unspecified atom stereocenters. The Morgan fingerprint density at radius 3 is 2.44 bits per heavy atom. The van der Waals surface area contributed by atoms with E-state index in [-0.39, 0.29) is 17.9 Å².